The summed E-state index contributed by atoms with van der Waals surface area (Å²) in [6, 6.07) is 12.0. The molecule has 216 valence electrons. The summed E-state index contributed by atoms with van der Waals surface area (Å²) in [7, 11) is -7.53. The molecule has 0 saturated carbocycles. The zero-order chi connectivity index (χ0) is 29.2. The molecule has 2 aromatic rings. The van der Waals surface area contributed by atoms with Gasteiger partial charge in [0.2, 0.25) is 31.9 Å². The van der Waals surface area contributed by atoms with E-state index < -0.39 is 51.0 Å². The summed E-state index contributed by atoms with van der Waals surface area (Å²) in [6.45, 7) is 5.26. The molecule has 0 aliphatic rings. The molecule has 2 aromatic carbocycles. The molecule has 0 saturated heterocycles. The summed E-state index contributed by atoms with van der Waals surface area (Å²) < 4.78 is 61.9. The maximum absolute atomic E-state index is 12.6. The van der Waals surface area contributed by atoms with Crippen LogP contribution < -0.4 is 28.7 Å². The molecule has 0 aliphatic carbocycles. The van der Waals surface area contributed by atoms with Crippen LogP contribution in [0, 0.1) is 0 Å². The number of benzene rings is 2. The van der Waals surface area contributed by atoms with E-state index in [0.717, 1.165) is 21.1 Å². The van der Waals surface area contributed by atoms with Gasteiger partial charge >= 0.3 is 0 Å². The lowest BCUT2D eigenvalue weighted by molar-refractivity contribution is -0.122. The molecule has 0 fully saturated rings. The summed E-state index contributed by atoms with van der Waals surface area (Å²) in [5.41, 5.74) is 0.597. The van der Waals surface area contributed by atoms with Crippen molar-refractivity contribution in [3.8, 4) is 11.5 Å². The van der Waals surface area contributed by atoms with Gasteiger partial charge in [-0.25, -0.2) is 16.8 Å². The third-order valence-corrected chi connectivity index (χ3v) is 7.54. The van der Waals surface area contributed by atoms with E-state index in [4.69, 9.17) is 9.47 Å². The van der Waals surface area contributed by atoms with Crippen molar-refractivity contribution in [3.05, 3.63) is 48.5 Å². The maximum Gasteiger partial charge on any atom is 0.241 e. The zero-order valence-corrected chi connectivity index (χ0v) is 24.3. The second kappa shape index (κ2) is 14.0. The third kappa shape index (κ3) is 10.3. The first-order chi connectivity index (χ1) is 18.2. The number of nitrogens with zero attached hydrogens (tertiary/aromatic N) is 2. The fourth-order valence-corrected chi connectivity index (χ4v) is 5.22. The molecular formula is C25H36N4O8S2. The zero-order valence-electron chi connectivity index (χ0n) is 22.7. The van der Waals surface area contributed by atoms with E-state index in [1.807, 2.05) is 13.8 Å². The van der Waals surface area contributed by atoms with Crippen molar-refractivity contribution in [3.63, 3.8) is 0 Å². The van der Waals surface area contributed by atoms with E-state index in [9.17, 15) is 26.4 Å². The quantitative estimate of drug-likeness (QED) is 0.318. The van der Waals surface area contributed by atoms with Crippen LogP contribution in [0.4, 0.5) is 11.4 Å². The van der Waals surface area contributed by atoms with Gasteiger partial charge in [-0.05, 0) is 69.3 Å². The number of carbonyl (C=O) groups excluding carboxylic acids is 2. The highest BCUT2D eigenvalue weighted by atomic mass is 32.2. The Labute approximate surface area is 230 Å². The van der Waals surface area contributed by atoms with Gasteiger partial charge in [-0.15, -0.1) is 0 Å². The molecule has 2 N–H and O–H groups in total. The van der Waals surface area contributed by atoms with Crippen LogP contribution in [-0.4, -0.2) is 80.1 Å². The SMILES string of the molecule is CCOc1ccc(N(CC(=O)NCC(C)NC(=O)CN(c2ccc(OCC)cc2)S(C)(=O)=O)S(C)(=O)=O)cc1. The van der Waals surface area contributed by atoms with Crippen LogP contribution in [-0.2, 0) is 29.6 Å². The molecule has 0 heterocycles. The lowest BCUT2D eigenvalue weighted by atomic mass is 10.3. The Balaban J connectivity index is 1.96. The smallest absolute Gasteiger partial charge is 0.241 e. The average molecular weight is 585 g/mol. The minimum Gasteiger partial charge on any atom is -0.494 e. The Kier molecular flexibility index (Phi) is 11.4. The highest BCUT2D eigenvalue weighted by Gasteiger charge is 2.23. The van der Waals surface area contributed by atoms with Crippen molar-refractivity contribution in [2.24, 2.45) is 0 Å². The molecular weight excluding hydrogens is 548 g/mol. The highest BCUT2D eigenvalue weighted by molar-refractivity contribution is 7.92. The number of amides is 2. The Hall–Kier alpha value is -3.52. The number of sulfonamides is 2. The Morgan fingerprint density at radius 2 is 1.13 bits per heavy atom. The van der Waals surface area contributed by atoms with Gasteiger partial charge in [0.1, 0.15) is 24.6 Å². The molecule has 0 bridgehead atoms. The summed E-state index contributed by atoms with van der Waals surface area (Å²) in [4.78, 5) is 25.2. The molecule has 2 amide bonds. The molecule has 1 atom stereocenters. The average Bonchev–Trinajstić information content (AvgIpc) is 2.85. The molecule has 2 rings (SSSR count). The Morgan fingerprint density at radius 1 is 0.744 bits per heavy atom. The van der Waals surface area contributed by atoms with Gasteiger partial charge in [0.25, 0.3) is 0 Å². The molecule has 12 nitrogen and oxygen atoms in total. The molecule has 0 spiro atoms. The van der Waals surface area contributed by atoms with Crippen LogP contribution in [0.15, 0.2) is 48.5 Å². The largest absolute Gasteiger partial charge is 0.494 e. The van der Waals surface area contributed by atoms with E-state index in [0.29, 0.717) is 36.1 Å². The van der Waals surface area contributed by atoms with Gasteiger partial charge in [0.05, 0.1) is 37.1 Å². The second-order valence-corrected chi connectivity index (χ2v) is 12.5. The van der Waals surface area contributed by atoms with Crippen molar-refractivity contribution >= 4 is 43.2 Å². The van der Waals surface area contributed by atoms with Crippen molar-refractivity contribution < 1.29 is 35.9 Å². The van der Waals surface area contributed by atoms with Crippen LogP contribution in [0.25, 0.3) is 0 Å². The Bertz CT molecular complexity index is 1310. The van der Waals surface area contributed by atoms with E-state index in [1.165, 1.54) is 0 Å². The summed E-state index contributed by atoms with van der Waals surface area (Å²) >= 11 is 0. The van der Waals surface area contributed by atoms with Crippen LogP contribution in [0.1, 0.15) is 20.8 Å². The van der Waals surface area contributed by atoms with Gasteiger partial charge in [-0.1, -0.05) is 0 Å². The van der Waals surface area contributed by atoms with Gasteiger partial charge in [-0.2, -0.15) is 0 Å². The first-order valence-corrected chi connectivity index (χ1v) is 15.9. The molecule has 0 aliphatic heterocycles. The van der Waals surface area contributed by atoms with E-state index in [-0.39, 0.29) is 6.54 Å². The first-order valence-electron chi connectivity index (χ1n) is 12.2. The van der Waals surface area contributed by atoms with Crippen LogP contribution in [0.3, 0.4) is 0 Å². The fourth-order valence-electron chi connectivity index (χ4n) is 3.51. The minimum absolute atomic E-state index is 0.00657. The highest BCUT2D eigenvalue weighted by Crippen LogP contribution is 2.22. The predicted molar refractivity (Wildman–Crippen MR) is 150 cm³/mol. The molecule has 14 heteroatoms. The van der Waals surface area contributed by atoms with Crippen molar-refractivity contribution in [1.82, 2.24) is 10.6 Å². The van der Waals surface area contributed by atoms with Gasteiger partial charge < -0.3 is 20.1 Å². The van der Waals surface area contributed by atoms with Crippen LogP contribution in [0.2, 0.25) is 0 Å². The number of ether oxygens (including phenoxy) is 2. The Morgan fingerprint density at radius 3 is 1.49 bits per heavy atom. The van der Waals surface area contributed by atoms with Crippen LogP contribution >= 0.6 is 0 Å². The summed E-state index contributed by atoms with van der Waals surface area (Å²) in [5.74, 6) is -0.0214. The number of rotatable bonds is 15. The molecule has 0 aromatic heterocycles. The van der Waals surface area contributed by atoms with Crippen LogP contribution in [0.5, 0.6) is 11.5 Å². The number of hydrogen-bond acceptors (Lipinski definition) is 8. The predicted octanol–water partition coefficient (Wildman–Crippen LogP) is 1.34. The normalized spacial score (nSPS) is 12.2. The fraction of sp³-hybridized carbons (Fsp3) is 0.440. The van der Waals surface area contributed by atoms with Crippen molar-refractivity contribution in [2.45, 2.75) is 26.8 Å². The number of hydrogen-bond donors (Lipinski definition) is 2. The standard InChI is InChI=1S/C25H36N4O8S2/c1-6-36-22-12-8-20(9-13-22)28(38(4,32)33)17-24(30)26-16-19(3)27-25(31)18-29(39(5,34)35)21-10-14-23(15-11-21)37-7-2/h8-15,19H,6-7,16-18H2,1-5H3,(H,26,30)(H,27,31). The topological polar surface area (TPSA) is 151 Å². The second-order valence-electron chi connectivity index (χ2n) is 8.67. The van der Waals surface area contributed by atoms with Gasteiger partial charge in [-0.3, -0.25) is 18.2 Å². The third-order valence-electron chi connectivity index (χ3n) is 5.26. The monoisotopic (exact) mass is 584 g/mol. The molecule has 39 heavy (non-hydrogen) atoms. The minimum atomic E-state index is -3.77. The van der Waals surface area contributed by atoms with E-state index >= 15 is 0 Å². The first kappa shape index (κ1) is 31.7. The van der Waals surface area contributed by atoms with E-state index in [1.54, 1.807) is 55.5 Å². The van der Waals surface area contributed by atoms with Crippen molar-refractivity contribution in [2.75, 3.05) is 54.0 Å². The molecule has 1 unspecified atom stereocenters. The van der Waals surface area contributed by atoms with Gasteiger partial charge in [0.15, 0.2) is 0 Å². The maximum atomic E-state index is 12.6. The molecule has 0 radical (unpaired) electrons. The lowest BCUT2D eigenvalue weighted by Gasteiger charge is -2.24. The number of anilines is 2. The van der Waals surface area contributed by atoms with Crippen molar-refractivity contribution in [1.29, 1.82) is 0 Å². The number of nitrogens with one attached hydrogen (secondary N) is 2. The van der Waals surface area contributed by atoms with Gasteiger partial charge in [0, 0.05) is 12.6 Å². The summed E-state index contributed by atoms with van der Waals surface area (Å²) in [6.07, 6.45) is 2.00. The van der Waals surface area contributed by atoms with E-state index in [2.05, 4.69) is 10.6 Å². The lowest BCUT2D eigenvalue weighted by Crippen LogP contribution is -2.48. The summed E-state index contributed by atoms with van der Waals surface area (Å²) in [5, 5.41) is 5.24. The number of carbonyl (C=O) groups is 2.